The van der Waals surface area contributed by atoms with Crippen LogP contribution < -0.4 is 5.06 Å². The third kappa shape index (κ3) is 5.66. The summed E-state index contributed by atoms with van der Waals surface area (Å²) in [6, 6.07) is 5.54. The molecule has 8 heteroatoms. The normalized spacial score (nSPS) is 11.1. The Morgan fingerprint density at radius 3 is 2.55 bits per heavy atom. The minimum Gasteiger partial charge on any atom is -0.442 e. The first-order valence-corrected chi connectivity index (χ1v) is 6.64. The number of ether oxygens (including phenoxy) is 2. The molecular weight excluding hydrogens is 292 g/mol. The van der Waals surface area contributed by atoms with Crippen LogP contribution in [0.2, 0.25) is 0 Å². The second-order valence-electron chi connectivity index (χ2n) is 5.38. The molecule has 0 fully saturated rings. The number of carbonyl (C=O) groups excluding carboxylic acids is 1. The summed E-state index contributed by atoms with van der Waals surface area (Å²) in [6.07, 6.45) is -0.760. The molecule has 0 aromatic heterocycles. The Labute approximate surface area is 128 Å². The number of hydroxylamine groups is 1. The van der Waals surface area contributed by atoms with E-state index < -0.39 is 16.6 Å². The summed E-state index contributed by atoms with van der Waals surface area (Å²) in [5.41, 5.74) is -0.665. The van der Waals surface area contributed by atoms with Crippen molar-refractivity contribution in [2.24, 2.45) is 0 Å². The molecule has 0 unspecified atom stereocenters. The van der Waals surface area contributed by atoms with Crippen molar-refractivity contribution in [1.29, 1.82) is 0 Å². The van der Waals surface area contributed by atoms with Gasteiger partial charge < -0.3 is 9.47 Å². The molecule has 0 heterocycles. The minimum absolute atomic E-state index is 0.0957. The number of carbonyl (C=O) groups is 1. The zero-order valence-electron chi connectivity index (χ0n) is 13.1. The van der Waals surface area contributed by atoms with Crippen LogP contribution in [0.25, 0.3) is 0 Å². The molecule has 1 aromatic rings. The fourth-order valence-electron chi connectivity index (χ4n) is 1.48. The van der Waals surface area contributed by atoms with Gasteiger partial charge in [-0.25, -0.2) is 4.79 Å². The van der Waals surface area contributed by atoms with Crippen LogP contribution in [0.15, 0.2) is 24.3 Å². The van der Waals surface area contributed by atoms with Gasteiger partial charge in [0.1, 0.15) is 5.60 Å². The van der Waals surface area contributed by atoms with E-state index in [4.69, 9.17) is 14.3 Å². The number of hydrogen-bond donors (Lipinski definition) is 0. The minimum atomic E-state index is -0.760. The number of amides is 1. The first kappa shape index (κ1) is 17.9. The molecule has 22 heavy (non-hydrogen) atoms. The number of benzene rings is 1. The van der Waals surface area contributed by atoms with E-state index in [1.165, 1.54) is 31.4 Å². The molecule has 0 aliphatic heterocycles. The molecule has 1 aromatic carbocycles. The number of anilines is 1. The molecule has 0 spiro atoms. The Balaban J connectivity index is 3.00. The van der Waals surface area contributed by atoms with Crippen LogP contribution in [0.3, 0.4) is 0 Å². The van der Waals surface area contributed by atoms with Crippen molar-refractivity contribution < 1.29 is 24.0 Å². The second-order valence-corrected chi connectivity index (χ2v) is 5.38. The Bertz CT molecular complexity index is 526. The van der Waals surface area contributed by atoms with E-state index in [1.54, 1.807) is 20.8 Å². The average Bonchev–Trinajstić information content (AvgIpc) is 2.41. The Morgan fingerprint density at radius 1 is 1.32 bits per heavy atom. The largest absolute Gasteiger partial charge is 0.442 e. The Hall–Kier alpha value is -2.19. The van der Waals surface area contributed by atoms with E-state index in [1.807, 2.05) is 0 Å². The van der Waals surface area contributed by atoms with Crippen molar-refractivity contribution in [1.82, 2.24) is 0 Å². The molecule has 0 radical (unpaired) electrons. The molecule has 0 bridgehead atoms. The lowest BCUT2D eigenvalue weighted by atomic mass is 10.2. The number of nitrogens with zero attached hydrogens (tertiary/aromatic N) is 2. The summed E-state index contributed by atoms with van der Waals surface area (Å²) < 4.78 is 10.1. The molecule has 0 saturated heterocycles. The fourth-order valence-corrected chi connectivity index (χ4v) is 1.48. The number of non-ortho nitro benzene ring substituents is 1. The number of rotatable bonds is 6. The van der Waals surface area contributed by atoms with E-state index in [2.05, 4.69) is 0 Å². The van der Waals surface area contributed by atoms with Crippen LogP contribution in [0.1, 0.15) is 20.8 Å². The van der Waals surface area contributed by atoms with Gasteiger partial charge in [0.25, 0.3) is 5.69 Å². The molecule has 1 amide bonds. The molecule has 8 nitrogen and oxygen atoms in total. The molecule has 122 valence electrons. The Morgan fingerprint density at radius 2 is 2.00 bits per heavy atom. The molecule has 0 N–H and O–H groups in total. The summed E-state index contributed by atoms with van der Waals surface area (Å²) in [6.45, 7) is 5.50. The predicted octanol–water partition coefficient (Wildman–Crippen LogP) is 2.91. The lowest BCUT2D eigenvalue weighted by Gasteiger charge is -2.26. The highest BCUT2D eigenvalue weighted by Gasteiger charge is 2.25. The molecule has 1 rings (SSSR count). The maximum absolute atomic E-state index is 12.2. The quantitative estimate of drug-likeness (QED) is 0.455. The summed E-state index contributed by atoms with van der Waals surface area (Å²) in [5, 5.41) is 11.7. The van der Waals surface area contributed by atoms with Gasteiger partial charge in [-0.3, -0.25) is 15.0 Å². The summed E-state index contributed by atoms with van der Waals surface area (Å²) in [7, 11) is 1.49. The number of hydrogen-bond acceptors (Lipinski definition) is 6. The smallest absolute Gasteiger partial charge is 0.439 e. The van der Waals surface area contributed by atoms with Gasteiger partial charge >= 0.3 is 6.09 Å². The van der Waals surface area contributed by atoms with E-state index in [-0.39, 0.29) is 24.6 Å². The highest BCUT2D eigenvalue weighted by atomic mass is 16.7. The van der Waals surface area contributed by atoms with Crippen molar-refractivity contribution in [3.8, 4) is 0 Å². The molecule has 0 atom stereocenters. The van der Waals surface area contributed by atoms with Crippen LogP contribution in [-0.2, 0) is 14.3 Å². The van der Waals surface area contributed by atoms with Crippen molar-refractivity contribution in [3.05, 3.63) is 34.4 Å². The van der Waals surface area contributed by atoms with Gasteiger partial charge in [-0.05, 0) is 26.8 Å². The van der Waals surface area contributed by atoms with Crippen molar-refractivity contribution >= 4 is 17.5 Å². The number of nitro groups is 1. The molecule has 0 saturated carbocycles. The highest BCUT2D eigenvalue weighted by Crippen LogP contribution is 2.23. The van der Waals surface area contributed by atoms with Gasteiger partial charge in [0, 0.05) is 19.2 Å². The van der Waals surface area contributed by atoms with E-state index in [0.717, 1.165) is 5.06 Å². The van der Waals surface area contributed by atoms with Crippen LogP contribution >= 0.6 is 0 Å². The summed E-state index contributed by atoms with van der Waals surface area (Å²) >= 11 is 0. The summed E-state index contributed by atoms with van der Waals surface area (Å²) in [5.74, 6) is 0. The van der Waals surface area contributed by atoms with Crippen LogP contribution in [0.4, 0.5) is 16.2 Å². The predicted molar refractivity (Wildman–Crippen MR) is 79.6 cm³/mol. The first-order valence-electron chi connectivity index (χ1n) is 6.64. The standard InChI is InChI=1S/C14H20N2O6/c1-14(2,3)22-13(17)15(21-9-8-20-4)11-6-5-7-12(10-11)16(18)19/h5-7,10H,8-9H2,1-4H3. The third-order valence-corrected chi connectivity index (χ3v) is 2.34. The van der Waals surface area contributed by atoms with Gasteiger partial charge in [0.15, 0.2) is 0 Å². The van der Waals surface area contributed by atoms with Gasteiger partial charge in [0.05, 0.1) is 23.8 Å². The zero-order chi connectivity index (χ0) is 16.8. The van der Waals surface area contributed by atoms with Crippen molar-refractivity contribution in [2.45, 2.75) is 26.4 Å². The monoisotopic (exact) mass is 312 g/mol. The highest BCUT2D eigenvalue weighted by molar-refractivity contribution is 5.86. The van der Waals surface area contributed by atoms with Crippen LogP contribution in [-0.4, -0.2) is 36.9 Å². The second kappa shape index (κ2) is 7.71. The van der Waals surface area contributed by atoms with Gasteiger partial charge in [-0.15, -0.1) is 0 Å². The van der Waals surface area contributed by atoms with Crippen LogP contribution in [0.5, 0.6) is 0 Å². The number of methoxy groups -OCH3 is 1. The van der Waals surface area contributed by atoms with Gasteiger partial charge in [-0.2, -0.15) is 5.06 Å². The molecule has 0 aliphatic carbocycles. The zero-order valence-corrected chi connectivity index (χ0v) is 13.1. The van der Waals surface area contributed by atoms with E-state index in [0.29, 0.717) is 0 Å². The Kier molecular flexibility index (Phi) is 6.26. The van der Waals surface area contributed by atoms with E-state index in [9.17, 15) is 14.9 Å². The number of nitro benzene ring substituents is 1. The van der Waals surface area contributed by atoms with Gasteiger partial charge in [-0.1, -0.05) is 6.07 Å². The summed E-state index contributed by atoms with van der Waals surface area (Å²) in [4.78, 5) is 27.8. The topological polar surface area (TPSA) is 91.1 Å². The molecule has 0 aliphatic rings. The van der Waals surface area contributed by atoms with Crippen molar-refractivity contribution in [3.63, 3.8) is 0 Å². The first-order chi connectivity index (χ1) is 10.2. The fraction of sp³-hybridized carbons (Fsp3) is 0.500. The maximum atomic E-state index is 12.2. The SMILES string of the molecule is COCCON(C(=O)OC(C)(C)C)c1cccc([N+](=O)[O-])c1. The molecular formula is C14H20N2O6. The van der Waals surface area contributed by atoms with Crippen LogP contribution in [0, 0.1) is 10.1 Å². The van der Waals surface area contributed by atoms with Gasteiger partial charge in [0.2, 0.25) is 0 Å². The third-order valence-electron chi connectivity index (χ3n) is 2.34. The maximum Gasteiger partial charge on any atom is 0.439 e. The van der Waals surface area contributed by atoms with E-state index >= 15 is 0 Å². The lowest BCUT2D eigenvalue weighted by Crippen LogP contribution is -2.37. The lowest BCUT2D eigenvalue weighted by molar-refractivity contribution is -0.384. The van der Waals surface area contributed by atoms with Crippen molar-refractivity contribution in [2.75, 3.05) is 25.4 Å². The average molecular weight is 312 g/mol.